The molecule has 132 valence electrons. The molecule has 2 N–H and O–H groups in total. The molecule has 2 aromatic carbocycles. The molecule has 0 saturated heterocycles. The van der Waals surface area contributed by atoms with Gasteiger partial charge in [-0.1, -0.05) is 30.3 Å². The van der Waals surface area contributed by atoms with Crippen LogP contribution < -0.4 is 5.32 Å². The minimum absolute atomic E-state index is 0.0112. The van der Waals surface area contributed by atoms with Gasteiger partial charge in [-0.25, -0.2) is 13.6 Å². The van der Waals surface area contributed by atoms with Crippen molar-refractivity contribution in [3.63, 3.8) is 0 Å². The minimum atomic E-state index is -0.873. The molecular weight excluding hydrogens is 328 g/mol. The number of carbonyl (C=O) groups is 1. The highest BCUT2D eigenvalue weighted by Crippen LogP contribution is 2.46. The fourth-order valence-electron chi connectivity index (χ4n) is 3.13. The zero-order valence-electron chi connectivity index (χ0n) is 13.8. The van der Waals surface area contributed by atoms with E-state index in [4.69, 9.17) is 4.74 Å². The molecule has 1 aliphatic carbocycles. The van der Waals surface area contributed by atoms with Crippen molar-refractivity contribution in [1.29, 1.82) is 0 Å². The fourth-order valence-corrected chi connectivity index (χ4v) is 3.13. The van der Waals surface area contributed by atoms with Crippen molar-refractivity contribution in [2.75, 3.05) is 5.32 Å². The summed E-state index contributed by atoms with van der Waals surface area (Å²) in [5, 5.41) is 12.1. The summed E-state index contributed by atoms with van der Waals surface area (Å²) in [6.07, 6.45) is -0.165. The number of rotatable bonds is 4. The Morgan fingerprint density at radius 2 is 1.84 bits per heavy atom. The van der Waals surface area contributed by atoms with E-state index < -0.39 is 23.3 Å². The second-order valence-electron chi connectivity index (χ2n) is 6.64. The quantitative estimate of drug-likeness (QED) is 0.865. The van der Waals surface area contributed by atoms with Crippen LogP contribution in [0.3, 0.4) is 0 Å². The average molecular weight is 347 g/mol. The number of benzene rings is 2. The van der Waals surface area contributed by atoms with Crippen LogP contribution >= 0.6 is 0 Å². The molecule has 0 unspecified atom stereocenters. The van der Waals surface area contributed by atoms with Crippen LogP contribution in [-0.4, -0.2) is 16.8 Å². The monoisotopic (exact) mass is 347 g/mol. The van der Waals surface area contributed by atoms with Gasteiger partial charge in [0.1, 0.15) is 18.2 Å². The summed E-state index contributed by atoms with van der Waals surface area (Å²) < 4.78 is 33.5. The van der Waals surface area contributed by atoms with Gasteiger partial charge < -0.3 is 9.84 Å². The van der Waals surface area contributed by atoms with Crippen LogP contribution in [0.1, 0.15) is 36.8 Å². The van der Waals surface area contributed by atoms with Crippen LogP contribution in [-0.2, 0) is 11.3 Å². The molecule has 1 amide bonds. The topological polar surface area (TPSA) is 58.6 Å². The van der Waals surface area contributed by atoms with Crippen molar-refractivity contribution in [1.82, 2.24) is 0 Å². The number of hydrogen-bond donors (Lipinski definition) is 2. The molecule has 2 aromatic rings. The molecule has 0 spiro atoms. The molecule has 3 rings (SSSR count). The van der Waals surface area contributed by atoms with Gasteiger partial charge in [0.15, 0.2) is 0 Å². The second kappa shape index (κ2) is 6.80. The van der Waals surface area contributed by atoms with E-state index in [2.05, 4.69) is 5.32 Å². The third-order valence-electron chi connectivity index (χ3n) is 4.32. The molecule has 1 fully saturated rings. The summed E-state index contributed by atoms with van der Waals surface area (Å²) in [7, 11) is 0. The zero-order chi connectivity index (χ0) is 18.0. The normalized spacial score (nSPS) is 22.2. The van der Waals surface area contributed by atoms with Crippen molar-refractivity contribution in [3.05, 3.63) is 65.2 Å². The van der Waals surface area contributed by atoms with Crippen LogP contribution in [0, 0.1) is 11.6 Å². The van der Waals surface area contributed by atoms with Crippen LogP contribution in [0.15, 0.2) is 42.5 Å². The van der Waals surface area contributed by atoms with Crippen LogP contribution in [0.4, 0.5) is 19.3 Å². The molecule has 0 aliphatic heterocycles. The number of anilines is 1. The van der Waals surface area contributed by atoms with Gasteiger partial charge in [0.2, 0.25) is 0 Å². The highest BCUT2D eigenvalue weighted by Gasteiger charge is 2.41. The molecule has 0 atom stereocenters. The largest absolute Gasteiger partial charge is 0.444 e. The van der Waals surface area contributed by atoms with E-state index >= 15 is 0 Å². The Balaban J connectivity index is 1.62. The lowest BCUT2D eigenvalue weighted by atomic mass is 9.69. The Kier molecular flexibility index (Phi) is 4.72. The maximum atomic E-state index is 14.2. The first-order valence-electron chi connectivity index (χ1n) is 8.03. The van der Waals surface area contributed by atoms with Crippen molar-refractivity contribution < 1.29 is 23.4 Å². The fraction of sp³-hybridized carbons (Fsp3) is 0.316. The number of aliphatic hydroxyl groups is 1. The molecule has 0 bridgehead atoms. The second-order valence-corrected chi connectivity index (χ2v) is 6.64. The third-order valence-corrected chi connectivity index (χ3v) is 4.32. The van der Waals surface area contributed by atoms with Gasteiger partial charge >= 0.3 is 6.09 Å². The first-order valence-corrected chi connectivity index (χ1v) is 8.03. The van der Waals surface area contributed by atoms with E-state index in [1.807, 2.05) is 18.2 Å². The maximum absolute atomic E-state index is 14.2. The summed E-state index contributed by atoms with van der Waals surface area (Å²) in [5.74, 6) is -1.83. The Hall–Kier alpha value is -2.47. The van der Waals surface area contributed by atoms with E-state index in [1.54, 1.807) is 19.1 Å². The van der Waals surface area contributed by atoms with Gasteiger partial charge in [-0.2, -0.15) is 0 Å². The smallest absolute Gasteiger partial charge is 0.411 e. The van der Waals surface area contributed by atoms with Gasteiger partial charge in [-0.15, -0.1) is 0 Å². The van der Waals surface area contributed by atoms with Crippen molar-refractivity contribution >= 4 is 11.8 Å². The van der Waals surface area contributed by atoms with Gasteiger partial charge in [-0.3, -0.25) is 5.32 Å². The SMILES string of the molecule is CC1(O)CC(c2c(F)cc(NC(=O)OCc3ccccc3)cc2F)C1. The van der Waals surface area contributed by atoms with E-state index in [9.17, 15) is 18.7 Å². The maximum Gasteiger partial charge on any atom is 0.411 e. The first kappa shape index (κ1) is 17.4. The predicted molar refractivity (Wildman–Crippen MR) is 89.2 cm³/mol. The average Bonchev–Trinajstić information content (AvgIpc) is 2.51. The van der Waals surface area contributed by atoms with Crippen LogP contribution in [0.2, 0.25) is 0 Å². The molecule has 0 radical (unpaired) electrons. The lowest BCUT2D eigenvalue weighted by Crippen LogP contribution is -2.40. The molecular formula is C19H19F2NO3. The predicted octanol–water partition coefficient (Wildman–Crippen LogP) is 4.34. The van der Waals surface area contributed by atoms with Gasteiger partial charge in [-0.05, 0) is 43.4 Å². The number of carbonyl (C=O) groups excluding carboxylic acids is 1. The summed E-state index contributed by atoms with van der Waals surface area (Å²) in [6.45, 7) is 1.70. The third kappa shape index (κ3) is 4.14. The number of ether oxygens (including phenoxy) is 1. The standard InChI is InChI=1S/C19H19F2NO3/c1-19(24)9-13(10-19)17-15(20)7-14(8-16(17)21)22-18(23)25-11-12-5-3-2-4-6-12/h2-8,13,24H,9-11H2,1H3,(H,22,23). The first-order chi connectivity index (χ1) is 11.8. The molecule has 1 aliphatic rings. The highest BCUT2D eigenvalue weighted by molar-refractivity contribution is 5.84. The van der Waals surface area contributed by atoms with Crippen molar-refractivity contribution in [2.45, 2.75) is 37.9 Å². The number of hydrogen-bond acceptors (Lipinski definition) is 3. The van der Waals surface area contributed by atoms with Gasteiger partial charge in [0, 0.05) is 11.3 Å². The number of halogens is 2. The van der Waals surface area contributed by atoms with E-state index in [0.717, 1.165) is 17.7 Å². The molecule has 6 heteroatoms. The lowest BCUT2D eigenvalue weighted by molar-refractivity contribution is -0.0328. The molecule has 0 heterocycles. The Labute approximate surface area is 144 Å². The summed E-state index contributed by atoms with van der Waals surface area (Å²) in [4.78, 5) is 11.8. The number of nitrogens with one attached hydrogen (secondary N) is 1. The minimum Gasteiger partial charge on any atom is -0.444 e. The highest BCUT2D eigenvalue weighted by atomic mass is 19.1. The molecule has 25 heavy (non-hydrogen) atoms. The molecule has 0 aromatic heterocycles. The van der Waals surface area contributed by atoms with Gasteiger partial charge in [0.25, 0.3) is 0 Å². The molecule has 1 saturated carbocycles. The Morgan fingerprint density at radius 3 is 2.40 bits per heavy atom. The van der Waals surface area contributed by atoms with Crippen LogP contribution in [0.5, 0.6) is 0 Å². The number of amides is 1. The van der Waals surface area contributed by atoms with E-state index in [0.29, 0.717) is 12.8 Å². The van der Waals surface area contributed by atoms with E-state index in [-0.39, 0.29) is 23.8 Å². The van der Waals surface area contributed by atoms with Crippen LogP contribution in [0.25, 0.3) is 0 Å². The zero-order valence-corrected chi connectivity index (χ0v) is 13.8. The van der Waals surface area contributed by atoms with Crippen molar-refractivity contribution in [2.24, 2.45) is 0 Å². The summed E-state index contributed by atoms with van der Waals surface area (Å²) in [5.41, 5.74) is -0.123. The van der Waals surface area contributed by atoms with E-state index in [1.165, 1.54) is 0 Å². The van der Waals surface area contributed by atoms with Crippen molar-refractivity contribution in [3.8, 4) is 0 Å². The Bertz CT molecular complexity index is 746. The lowest BCUT2D eigenvalue weighted by Gasteiger charge is -2.41. The Morgan fingerprint density at radius 1 is 1.24 bits per heavy atom. The van der Waals surface area contributed by atoms with Gasteiger partial charge in [0.05, 0.1) is 5.60 Å². The summed E-state index contributed by atoms with van der Waals surface area (Å²) in [6, 6.07) is 11.2. The summed E-state index contributed by atoms with van der Waals surface area (Å²) >= 11 is 0. The molecule has 4 nitrogen and oxygen atoms in total.